The molecular formula is C15H23N3O2. The van der Waals surface area contributed by atoms with Crippen LogP contribution in [0.4, 0.5) is 4.79 Å². The molecular weight excluding hydrogens is 254 g/mol. The summed E-state index contributed by atoms with van der Waals surface area (Å²) in [6.45, 7) is 5.92. The minimum absolute atomic E-state index is 0.461. The van der Waals surface area contributed by atoms with E-state index in [-0.39, 0.29) is 0 Å². The maximum atomic E-state index is 11.3. The smallest absolute Gasteiger partial charge is 0.407 e. The molecule has 1 heterocycles. The molecule has 2 rings (SSSR count). The van der Waals surface area contributed by atoms with Gasteiger partial charge in [-0.25, -0.2) is 4.79 Å². The Labute approximate surface area is 120 Å². The van der Waals surface area contributed by atoms with Crippen LogP contribution in [-0.4, -0.2) is 60.3 Å². The molecule has 0 aliphatic carbocycles. The van der Waals surface area contributed by atoms with Gasteiger partial charge in [0.25, 0.3) is 0 Å². The van der Waals surface area contributed by atoms with E-state index in [0.29, 0.717) is 13.1 Å². The van der Waals surface area contributed by atoms with Crippen molar-refractivity contribution in [2.75, 3.05) is 39.3 Å². The van der Waals surface area contributed by atoms with E-state index in [1.54, 1.807) is 0 Å². The van der Waals surface area contributed by atoms with Gasteiger partial charge in [0, 0.05) is 32.7 Å². The van der Waals surface area contributed by atoms with Crippen LogP contribution in [0.3, 0.4) is 0 Å². The number of hydrogen-bond donors (Lipinski definition) is 2. The Balaban J connectivity index is 1.84. The number of amides is 1. The number of carboxylic acid groups (broad SMARTS) is 1. The molecule has 20 heavy (non-hydrogen) atoms. The maximum Gasteiger partial charge on any atom is 0.407 e. The van der Waals surface area contributed by atoms with Crippen molar-refractivity contribution in [3.63, 3.8) is 0 Å². The quantitative estimate of drug-likeness (QED) is 0.855. The first-order chi connectivity index (χ1) is 9.75. The molecule has 5 heteroatoms. The molecule has 1 saturated heterocycles. The molecule has 1 aromatic rings. The molecule has 1 aromatic carbocycles. The molecule has 0 bridgehead atoms. The van der Waals surface area contributed by atoms with Crippen molar-refractivity contribution < 1.29 is 9.90 Å². The van der Waals surface area contributed by atoms with Crippen molar-refractivity contribution in [1.82, 2.24) is 15.1 Å². The van der Waals surface area contributed by atoms with Crippen molar-refractivity contribution in [2.45, 2.75) is 13.0 Å². The molecule has 0 spiro atoms. The average Bonchev–Trinajstić information content (AvgIpc) is 2.73. The number of nitrogens with zero attached hydrogens (tertiary/aromatic N) is 2. The highest BCUT2D eigenvalue weighted by atomic mass is 16.4. The topological polar surface area (TPSA) is 55.8 Å². The van der Waals surface area contributed by atoms with Crippen molar-refractivity contribution in [2.24, 2.45) is 0 Å². The van der Waals surface area contributed by atoms with Crippen LogP contribution >= 0.6 is 0 Å². The van der Waals surface area contributed by atoms with Crippen LogP contribution in [-0.2, 0) is 6.54 Å². The summed E-state index contributed by atoms with van der Waals surface area (Å²) in [4.78, 5) is 15.2. The van der Waals surface area contributed by atoms with Crippen molar-refractivity contribution in [3.8, 4) is 0 Å². The second-order valence-corrected chi connectivity index (χ2v) is 5.13. The lowest BCUT2D eigenvalue weighted by molar-refractivity contribution is 0.134. The molecule has 0 atom stereocenters. The summed E-state index contributed by atoms with van der Waals surface area (Å²) < 4.78 is 0. The van der Waals surface area contributed by atoms with Crippen LogP contribution in [0, 0.1) is 0 Å². The fourth-order valence-electron chi connectivity index (χ4n) is 2.43. The van der Waals surface area contributed by atoms with Gasteiger partial charge in [0.2, 0.25) is 0 Å². The molecule has 0 unspecified atom stereocenters. The Kier molecular flexibility index (Phi) is 5.83. The molecule has 2 N–H and O–H groups in total. The van der Waals surface area contributed by atoms with Gasteiger partial charge < -0.3 is 20.2 Å². The van der Waals surface area contributed by atoms with E-state index in [1.165, 1.54) is 4.90 Å². The zero-order valence-electron chi connectivity index (χ0n) is 11.8. The fourth-order valence-corrected chi connectivity index (χ4v) is 2.43. The normalized spacial score (nSPS) is 16.6. The van der Waals surface area contributed by atoms with Crippen LogP contribution in [0.15, 0.2) is 30.3 Å². The predicted octanol–water partition coefficient (Wildman–Crippen LogP) is 1.46. The first kappa shape index (κ1) is 14.8. The lowest BCUT2D eigenvalue weighted by Crippen LogP contribution is -2.38. The molecule has 0 saturated carbocycles. The maximum absolute atomic E-state index is 11.3. The molecule has 1 amide bonds. The molecule has 0 radical (unpaired) electrons. The predicted molar refractivity (Wildman–Crippen MR) is 78.8 cm³/mol. The van der Waals surface area contributed by atoms with E-state index in [1.807, 2.05) is 30.3 Å². The van der Waals surface area contributed by atoms with Crippen molar-refractivity contribution in [3.05, 3.63) is 35.9 Å². The van der Waals surface area contributed by atoms with Crippen LogP contribution < -0.4 is 5.32 Å². The second-order valence-electron chi connectivity index (χ2n) is 5.13. The van der Waals surface area contributed by atoms with E-state index >= 15 is 0 Å². The van der Waals surface area contributed by atoms with E-state index in [9.17, 15) is 9.90 Å². The fraction of sp³-hybridized carbons (Fsp3) is 0.533. The number of carbonyl (C=O) groups is 1. The third kappa shape index (κ3) is 4.83. The summed E-state index contributed by atoms with van der Waals surface area (Å²) >= 11 is 0. The summed E-state index contributed by atoms with van der Waals surface area (Å²) in [5.74, 6) is 0. The van der Waals surface area contributed by atoms with E-state index in [2.05, 4.69) is 10.2 Å². The number of benzene rings is 1. The SMILES string of the molecule is O=C(O)N(CCN1CCCNCC1)Cc1ccccc1. The number of nitrogens with one attached hydrogen (secondary N) is 1. The Morgan fingerprint density at radius 1 is 1.25 bits per heavy atom. The Morgan fingerprint density at radius 3 is 2.80 bits per heavy atom. The zero-order chi connectivity index (χ0) is 14.2. The number of rotatable bonds is 5. The standard InChI is InChI=1S/C15H23N3O2/c19-15(20)18(13-14-5-2-1-3-6-14)12-11-17-9-4-7-16-8-10-17/h1-3,5-6,16H,4,7-13H2,(H,19,20). The summed E-state index contributed by atoms with van der Waals surface area (Å²) in [5, 5.41) is 12.7. The second kappa shape index (κ2) is 7.87. The third-order valence-electron chi connectivity index (χ3n) is 3.61. The molecule has 5 nitrogen and oxygen atoms in total. The molecule has 1 fully saturated rings. The first-order valence-electron chi connectivity index (χ1n) is 7.20. The Bertz CT molecular complexity index is 403. The van der Waals surface area contributed by atoms with Crippen LogP contribution in [0.2, 0.25) is 0 Å². The zero-order valence-corrected chi connectivity index (χ0v) is 11.8. The Morgan fingerprint density at radius 2 is 2.05 bits per heavy atom. The average molecular weight is 277 g/mol. The third-order valence-corrected chi connectivity index (χ3v) is 3.61. The van der Waals surface area contributed by atoms with Gasteiger partial charge in [0.05, 0.1) is 0 Å². The lowest BCUT2D eigenvalue weighted by Gasteiger charge is -2.25. The summed E-state index contributed by atoms with van der Waals surface area (Å²) in [5.41, 5.74) is 1.03. The molecule has 1 aliphatic heterocycles. The highest BCUT2D eigenvalue weighted by Gasteiger charge is 2.15. The van der Waals surface area contributed by atoms with Crippen molar-refractivity contribution in [1.29, 1.82) is 0 Å². The monoisotopic (exact) mass is 277 g/mol. The minimum Gasteiger partial charge on any atom is -0.465 e. The van der Waals surface area contributed by atoms with Gasteiger partial charge in [-0.2, -0.15) is 0 Å². The Hall–Kier alpha value is -1.59. The summed E-state index contributed by atoms with van der Waals surface area (Å²) in [7, 11) is 0. The van der Waals surface area contributed by atoms with Gasteiger partial charge in [-0.3, -0.25) is 0 Å². The first-order valence-corrected chi connectivity index (χ1v) is 7.20. The highest BCUT2D eigenvalue weighted by Crippen LogP contribution is 2.05. The van der Waals surface area contributed by atoms with Crippen molar-refractivity contribution >= 4 is 6.09 Å². The highest BCUT2D eigenvalue weighted by molar-refractivity contribution is 5.65. The number of hydrogen-bond acceptors (Lipinski definition) is 3. The minimum atomic E-state index is -0.846. The largest absolute Gasteiger partial charge is 0.465 e. The molecule has 1 aliphatic rings. The van der Waals surface area contributed by atoms with Gasteiger partial charge in [-0.15, -0.1) is 0 Å². The molecule has 0 aromatic heterocycles. The lowest BCUT2D eigenvalue weighted by atomic mass is 10.2. The van der Waals surface area contributed by atoms with Gasteiger partial charge in [-0.1, -0.05) is 30.3 Å². The van der Waals surface area contributed by atoms with E-state index in [0.717, 1.165) is 44.7 Å². The molecule has 110 valence electrons. The van der Waals surface area contributed by atoms with Gasteiger partial charge >= 0.3 is 6.09 Å². The van der Waals surface area contributed by atoms with E-state index in [4.69, 9.17) is 0 Å². The van der Waals surface area contributed by atoms with Gasteiger partial charge in [0.15, 0.2) is 0 Å². The van der Waals surface area contributed by atoms with Crippen LogP contribution in [0.1, 0.15) is 12.0 Å². The summed E-state index contributed by atoms with van der Waals surface area (Å²) in [6, 6.07) is 9.75. The van der Waals surface area contributed by atoms with Gasteiger partial charge in [-0.05, 0) is 25.1 Å². The van der Waals surface area contributed by atoms with Gasteiger partial charge in [0.1, 0.15) is 0 Å². The van der Waals surface area contributed by atoms with Crippen LogP contribution in [0.5, 0.6) is 0 Å². The van der Waals surface area contributed by atoms with E-state index < -0.39 is 6.09 Å². The summed E-state index contributed by atoms with van der Waals surface area (Å²) in [6.07, 6.45) is 0.285. The van der Waals surface area contributed by atoms with Crippen LogP contribution in [0.25, 0.3) is 0 Å².